The summed E-state index contributed by atoms with van der Waals surface area (Å²) < 4.78 is 5.36. The molecule has 1 atom stereocenters. The first-order valence-corrected chi connectivity index (χ1v) is 9.05. The molecule has 0 radical (unpaired) electrons. The van der Waals surface area contributed by atoms with E-state index in [4.69, 9.17) is 16.0 Å². The van der Waals surface area contributed by atoms with Gasteiger partial charge in [0.25, 0.3) is 11.8 Å². The largest absolute Gasteiger partial charge is 0.459 e. The molecule has 0 saturated carbocycles. The van der Waals surface area contributed by atoms with Crippen molar-refractivity contribution in [2.45, 2.75) is 5.66 Å². The molecular formula is C21H15ClN2O3. The van der Waals surface area contributed by atoms with E-state index in [-0.39, 0.29) is 17.6 Å². The Labute approximate surface area is 160 Å². The van der Waals surface area contributed by atoms with E-state index >= 15 is 0 Å². The Morgan fingerprint density at radius 1 is 1.00 bits per heavy atom. The summed E-state index contributed by atoms with van der Waals surface area (Å²) >= 11 is 6.09. The van der Waals surface area contributed by atoms with Gasteiger partial charge in [-0.05, 0) is 30.3 Å². The van der Waals surface area contributed by atoms with E-state index in [0.29, 0.717) is 23.7 Å². The Morgan fingerprint density at radius 2 is 1.78 bits per heavy atom. The molecular weight excluding hydrogens is 364 g/mol. The van der Waals surface area contributed by atoms with Crippen LogP contribution in [0.3, 0.4) is 0 Å². The average molecular weight is 379 g/mol. The molecule has 5 nitrogen and oxygen atoms in total. The van der Waals surface area contributed by atoms with Crippen molar-refractivity contribution < 1.29 is 14.0 Å². The zero-order chi connectivity index (χ0) is 18.6. The van der Waals surface area contributed by atoms with Crippen LogP contribution in [0.2, 0.25) is 5.02 Å². The first-order chi connectivity index (χ1) is 13.1. The first-order valence-electron chi connectivity index (χ1n) is 8.67. The molecule has 1 fully saturated rings. The van der Waals surface area contributed by atoms with Crippen molar-refractivity contribution in [3.63, 3.8) is 0 Å². The fourth-order valence-corrected chi connectivity index (χ4v) is 4.38. The number of amides is 2. The third-order valence-electron chi connectivity index (χ3n) is 5.33. The summed E-state index contributed by atoms with van der Waals surface area (Å²) in [4.78, 5) is 29.9. The van der Waals surface area contributed by atoms with Crippen molar-refractivity contribution >= 4 is 23.4 Å². The van der Waals surface area contributed by atoms with Gasteiger partial charge in [-0.15, -0.1) is 0 Å². The number of nitrogens with zero attached hydrogens (tertiary/aromatic N) is 2. The number of hydrogen-bond acceptors (Lipinski definition) is 3. The Bertz CT molecular complexity index is 1050. The normalized spacial score (nSPS) is 20.7. The van der Waals surface area contributed by atoms with Gasteiger partial charge in [0.15, 0.2) is 11.4 Å². The highest BCUT2D eigenvalue weighted by molar-refractivity contribution is 6.30. The minimum absolute atomic E-state index is 0.0738. The number of halogens is 1. The standard InChI is InChI=1S/C21H15ClN2O3/c22-15-9-7-14(8-10-15)21-17-5-2-1-4-16(17)19(25)23(21)11-12-24(21)20(26)18-6-3-13-27-18/h1-10,13H,11-12H2. The number of furan rings is 1. The van der Waals surface area contributed by atoms with Crippen molar-refractivity contribution in [3.8, 4) is 0 Å². The number of carbonyl (C=O) groups is 2. The van der Waals surface area contributed by atoms with Crippen LogP contribution in [0.4, 0.5) is 0 Å². The van der Waals surface area contributed by atoms with Gasteiger partial charge in [0, 0.05) is 34.8 Å². The summed E-state index contributed by atoms with van der Waals surface area (Å²) in [6.07, 6.45) is 1.48. The number of hydrogen-bond donors (Lipinski definition) is 0. The van der Waals surface area contributed by atoms with Crippen LogP contribution < -0.4 is 0 Å². The van der Waals surface area contributed by atoms with Crippen LogP contribution in [0.5, 0.6) is 0 Å². The predicted molar refractivity (Wildman–Crippen MR) is 99.5 cm³/mol. The molecule has 1 saturated heterocycles. The maximum Gasteiger partial charge on any atom is 0.291 e. The van der Waals surface area contributed by atoms with Crippen LogP contribution in [0.25, 0.3) is 0 Å². The SMILES string of the molecule is O=C(c1ccco1)N1CCN2C(=O)c3ccccc3C12c1ccc(Cl)cc1. The molecule has 5 rings (SSSR count). The monoisotopic (exact) mass is 378 g/mol. The van der Waals surface area contributed by atoms with Crippen molar-refractivity contribution in [2.75, 3.05) is 13.1 Å². The maximum atomic E-state index is 13.3. The molecule has 0 aliphatic carbocycles. The molecule has 1 aromatic heterocycles. The van der Waals surface area contributed by atoms with Gasteiger partial charge in [0.1, 0.15) is 0 Å². The second-order valence-electron chi connectivity index (χ2n) is 6.62. The van der Waals surface area contributed by atoms with E-state index in [2.05, 4.69) is 0 Å². The lowest BCUT2D eigenvalue weighted by Gasteiger charge is -2.40. The summed E-state index contributed by atoms with van der Waals surface area (Å²) in [5.74, 6) is -0.0701. The summed E-state index contributed by atoms with van der Waals surface area (Å²) in [6.45, 7) is 0.866. The molecule has 27 heavy (non-hydrogen) atoms. The van der Waals surface area contributed by atoms with Crippen LogP contribution in [-0.2, 0) is 5.66 Å². The minimum atomic E-state index is -0.998. The minimum Gasteiger partial charge on any atom is -0.459 e. The van der Waals surface area contributed by atoms with Crippen molar-refractivity contribution in [1.82, 2.24) is 9.80 Å². The quantitative estimate of drug-likeness (QED) is 0.682. The summed E-state index contributed by atoms with van der Waals surface area (Å²) in [6, 6.07) is 18.1. The van der Waals surface area contributed by atoms with Crippen molar-refractivity contribution in [1.29, 1.82) is 0 Å². The van der Waals surface area contributed by atoms with Gasteiger partial charge in [-0.3, -0.25) is 9.59 Å². The molecule has 2 aliphatic rings. The lowest BCUT2D eigenvalue weighted by Crippen LogP contribution is -2.51. The Hall–Kier alpha value is -3.05. The van der Waals surface area contributed by atoms with Crippen molar-refractivity contribution in [2.24, 2.45) is 0 Å². The highest BCUT2D eigenvalue weighted by Gasteiger charge is 2.59. The van der Waals surface area contributed by atoms with Crippen LogP contribution in [0, 0.1) is 0 Å². The first kappa shape index (κ1) is 16.1. The van der Waals surface area contributed by atoms with E-state index < -0.39 is 5.66 Å². The van der Waals surface area contributed by atoms with Gasteiger partial charge in [0.05, 0.1) is 6.26 Å². The Balaban J connectivity index is 1.78. The lowest BCUT2D eigenvalue weighted by molar-refractivity contribution is 0.0355. The van der Waals surface area contributed by atoms with Gasteiger partial charge in [-0.25, -0.2) is 0 Å². The Morgan fingerprint density at radius 3 is 2.52 bits per heavy atom. The zero-order valence-electron chi connectivity index (χ0n) is 14.3. The topological polar surface area (TPSA) is 53.8 Å². The second kappa shape index (κ2) is 5.72. The number of rotatable bonds is 2. The summed E-state index contributed by atoms with van der Waals surface area (Å²) in [5, 5.41) is 0.598. The third-order valence-corrected chi connectivity index (χ3v) is 5.58. The van der Waals surface area contributed by atoms with Crippen LogP contribution in [0.1, 0.15) is 32.0 Å². The number of benzene rings is 2. The fourth-order valence-electron chi connectivity index (χ4n) is 4.26. The van der Waals surface area contributed by atoms with E-state index in [1.54, 1.807) is 34.1 Å². The van der Waals surface area contributed by atoms with Gasteiger partial charge < -0.3 is 14.2 Å². The fraction of sp³-hybridized carbons (Fsp3) is 0.143. The van der Waals surface area contributed by atoms with E-state index in [9.17, 15) is 9.59 Å². The predicted octanol–water partition coefficient (Wildman–Crippen LogP) is 3.75. The molecule has 134 valence electrons. The molecule has 0 spiro atoms. The van der Waals surface area contributed by atoms with Gasteiger partial charge in [0.2, 0.25) is 0 Å². The maximum absolute atomic E-state index is 13.3. The zero-order valence-corrected chi connectivity index (χ0v) is 15.0. The van der Waals surface area contributed by atoms with Crippen LogP contribution in [0.15, 0.2) is 71.3 Å². The van der Waals surface area contributed by atoms with E-state index in [0.717, 1.165) is 11.1 Å². The molecule has 0 bridgehead atoms. The molecule has 2 aromatic carbocycles. The van der Waals surface area contributed by atoms with E-state index in [1.165, 1.54) is 6.26 Å². The highest BCUT2D eigenvalue weighted by Crippen LogP contribution is 2.50. The van der Waals surface area contributed by atoms with Gasteiger partial charge >= 0.3 is 0 Å². The molecule has 6 heteroatoms. The Kier molecular flexibility index (Phi) is 3.42. The van der Waals surface area contributed by atoms with Crippen LogP contribution >= 0.6 is 11.6 Å². The third kappa shape index (κ3) is 2.06. The molecule has 2 aliphatic heterocycles. The number of fused-ring (bicyclic) bond motifs is 3. The van der Waals surface area contributed by atoms with Gasteiger partial charge in [-0.1, -0.05) is 41.9 Å². The molecule has 0 N–H and O–H groups in total. The van der Waals surface area contributed by atoms with Gasteiger partial charge in [-0.2, -0.15) is 0 Å². The second-order valence-corrected chi connectivity index (χ2v) is 7.05. The van der Waals surface area contributed by atoms with E-state index in [1.807, 2.05) is 36.4 Å². The highest BCUT2D eigenvalue weighted by atomic mass is 35.5. The summed E-state index contributed by atoms with van der Waals surface area (Å²) in [5.41, 5.74) is 1.24. The summed E-state index contributed by atoms with van der Waals surface area (Å²) in [7, 11) is 0. The molecule has 3 heterocycles. The molecule has 3 aromatic rings. The number of carbonyl (C=O) groups excluding carboxylic acids is 2. The molecule has 1 unspecified atom stereocenters. The average Bonchev–Trinajstić information content (AvgIpc) is 3.40. The van der Waals surface area contributed by atoms with Crippen molar-refractivity contribution in [3.05, 3.63) is 94.4 Å². The van der Waals surface area contributed by atoms with Crippen LogP contribution in [-0.4, -0.2) is 34.7 Å². The smallest absolute Gasteiger partial charge is 0.291 e. The molecule has 2 amide bonds. The lowest BCUT2D eigenvalue weighted by atomic mass is 9.89.